The van der Waals surface area contributed by atoms with Crippen molar-refractivity contribution in [3.63, 3.8) is 0 Å². The summed E-state index contributed by atoms with van der Waals surface area (Å²) in [6.07, 6.45) is 6.44. The van der Waals surface area contributed by atoms with Crippen LogP contribution in [-0.2, 0) is 16.1 Å². The molecule has 0 saturated carbocycles. The molecular weight excluding hydrogens is 388 g/mol. The van der Waals surface area contributed by atoms with Crippen molar-refractivity contribution in [3.8, 4) is 0 Å². The highest BCUT2D eigenvalue weighted by Gasteiger charge is 2.59. The topological polar surface area (TPSA) is 84.4 Å². The van der Waals surface area contributed by atoms with Crippen LogP contribution in [0, 0.1) is 0 Å². The van der Waals surface area contributed by atoms with E-state index >= 15 is 0 Å². The largest absolute Gasteiger partial charge is 0.448 e. The number of rotatable bonds is 5. The Balaban J connectivity index is 1.36. The van der Waals surface area contributed by atoms with E-state index in [1.807, 2.05) is 55.2 Å². The molecule has 4 heterocycles. The minimum absolute atomic E-state index is 0.0199. The van der Waals surface area contributed by atoms with Crippen LogP contribution in [0.15, 0.2) is 54.5 Å². The van der Waals surface area contributed by atoms with Crippen molar-refractivity contribution in [2.75, 3.05) is 6.61 Å². The molecule has 2 aromatic heterocycles. The number of nitrogens with zero attached hydrogens (tertiary/aromatic N) is 3. The normalized spacial score (nSPS) is 26.8. The second-order valence-electron chi connectivity index (χ2n) is 7.31. The van der Waals surface area contributed by atoms with Gasteiger partial charge in [-0.3, -0.25) is 14.8 Å². The molecule has 1 N–H and O–H groups in total. The Hall–Kier alpha value is -2.87. The number of β-lactam (4-membered cyclic amide) rings is 1. The molecule has 29 heavy (non-hydrogen) atoms. The van der Waals surface area contributed by atoms with E-state index in [1.165, 1.54) is 0 Å². The van der Waals surface area contributed by atoms with Gasteiger partial charge in [0.1, 0.15) is 12.0 Å². The van der Waals surface area contributed by atoms with Crippen LogP contribution >= 0.6 is 11.8 Å². The highest BCUT2D eigenvalue weighted by Crippen LogP contribution is 2.53. The molecule has 0 radical (unpaired) electrons. The summed E-state index contributed by atoms with van der Waals surface area (Å²) in [5.74, 6) is 0.0199. The second kappa shape index (κ2) is 7.87. The van der Waals surface area contributed by atoms with Crippen molar-refractivity contribution < 1.29 is 14.3 Å². The number of fused-ring (bicyclic) bond motifs is 1. The van der Waals surface area contributed by atoms with Gasteiger partial charge < -0.3 is 15.0 Å². The predicted molar refractivity (Wildman–Crippen MR) is 111 cm³/mol. The van der Waals surface area contributed by atoms with E-state index in [-0.39, 0.29) is 28.7 Å². The molecule has 2 aliphatic rings. The Morgan fingerprint density at radius 2 is 2.10 bits per heavy atom. The molecule has 8 heteroatoms. The SMILES string of the molecule is C[C@@H]1N2C(=O)/C(=C/c3ccccn3)C2S[C@@]1(C)COC(=O)NCc1ccncc1. The quantitative estimate of drug-likeness (QED) is 0.603. The molecule has 150 valence electrons. The number of thioether (sulfide) groups is 1. The van der Waals surface area contributed by atoms with Gasteiger partial charge in [0.25, 0.3) is 5.91 Å². The maximum absolute atomic E-state index is 12.6. The Bertz CT molecular complexity index is 937. The zero-order valence-electron chi connectivity index (χ0n) is 16.2. The van der Waals surface area contributed by atoms with E-state index in [2.05, 4.69) is 15.3 Å². The first-order chi connectivity index (χ1) is 14.0. The number of ether oxygens (including phenoxy) is 1. The summed E-state index contributed by atoms with van der Waals surface area (Å²) >= 11 is 1.65. The van der Waals surface area contributed by atoms with Crippen molar-refractivity contribution in [2.24, 2.45) is 0 Å². The van der Waals surface area contributed by atoms with Gasteiger partial charge in [-0.1, -0.05) is 6.07 Å². The lowest BCUT2D eigenvalue weighted by molar-refractivity contribution is -0.135. The van der Waals surface area contributed by atoms with Crippen LogP contribution in [-0.4, -0.2) is 49.6 Å². The Kier molecular flexibility index (Phi) is 5.27. The van der Waals surface area contributed by atoms with E-state index in [0.29, 0.717) is 6.54 Å². The number of amides is 2. The van der Waals surface area contributed by atoms with Crippen molar-refractivity contribution in [3.05, 3.63) is 65.8 Å². The summed E-state index contributed by atoms with van der Waals surface area (Å²) in [5.41, 5.74) is 2.46. The van der Waals surface area contributed by atoms with Crippen LogP contribution < -0.4 is 5.32 Å². The molecule has 2 aliphatic heterocycles. The standard InChI is InChI=1S/C21H22N4O3S/c1-14-21(2,13-28-20(27)24-12-15-6-9-22-10-7-15)29-19-17(18(26)25(14)19)11-16-5-3-4-8-23-16/h3-11,14,19H,12-13H2,1-2H3,(H,24,27)/b17-11-/t14-,19?,21-/m0/s1. The van der Waals surface area contributed by atoms with Crippen LogP contribution in [0.5, 0.6) is 0 Å². The third kappa shape index (κ3) is 3.85. The summed E-state index contributed by atoms with van der Waals surface area (Å²) in [4.78, 5) is 34.8. The molecule has 0 spiro atoms. The van der Waals surface area contributed by atoms with E-state index in [9.17, 15) is 9.59 Å². The Labute approximate surface area is 173 Å². The number of alkyl carbamates (subject to hydrolysis) is 1. The maximum atomic E-state index is 12.6. The van der Waals surface area contributed by atoms with Gasteiger partial charge in [-0.25, -0.2) is 4.79 Å². The van der Waals surface area contributed by atoms with E-state index in [0.717, 1.165) is 16.8 Å². The zero-order valence-corrected chi connectivity index (χ0v) is 17.1. The van der Waals surface area contributed by atoms with Crippen molar-refractivity contribution in [1.29, 1.82) is 0 Å². The third-order valence-corrected chi connectivity index (χ3v) is 7.05. The Morgan fingerprint density at radius 1 is 1.31 bits per heavy atom. The molecule has 1 unspecified atom stereocenters. The molecular formula is C21H22N4O3S. The van der Waals surface area contributed by atoms with Gasteiger partial charge >= 0.3 is 6.09 Å². The lowest BCUT2D eigenvalue weighted by Crippen LogP contribution is -2.55. The highest BCUT2D eigenvalue weighted by atomic mass is 32.2. The lowest BCUT2D eigenvalue weighted by Gasteiger charge is -2.39. The molecule has 0 aromatic carbocycles. The molecule has 7 nitrogen and oxygen atoms in total. The fraction of sp³-hybridized carbons (Fsp3) is 0.333. The number of hydrogen-bond acceptors (Lipinski definition) is 6. The maximum Gasteiger partial charge on any atom is 0.407 e. The smallest absolute Gasteiger partial charge is 0.407 e. The van der Waals surface area contributed by atoms with Gasteiger partial charge in [-0.15, -0.1) is 11.8 Å². The number of nitrogens with one attached hydrogen (secondary N) is 1. The van der Waals surface area contributed by atoms with Crippen LogP contribution in [0.3, 0.4) is 0 Å². The monoisotopic (exact) mass is 410 g/mol. The summed E-state index contributed by atoms with van der Waals surface area (Å²) in [7, 11) is 0. The highest BCUT2D eigenvalue weighted by molar-refractivity contribution is 8.02. The van der Waals surface area contributed by atoms with Crippen LogP contribution in [0.4, 0.5) is 4.79 Å². The second-order valence-corrected chi connectivity index (χ2v) is 8.93. The number of pyridine rings is 2. The van der Waals surface area contributed by atoms with E-state index in [1.54, 1.807) is 30.4 Å². The fourth-order valence-corrected chi connectivity index (χ4v) is 5.07. The summed E-state index contributed by atoms with van der Waals surface area (Å²) < 4.78 is 5.10. The molecule has 0 aliphatic carbocycles. The average Bonchev–Trinajstić information content (AvgIpc) is 2.98. The fourth-order valence-electron chi connectivity index (χ4n) is 3.43. The van der Waals surface area contributed by atoms with Gasteiger partial charge in [-0.05, 0) is 49.8 Å². The predicted octanol–water partition coefficient (Wildman–Crippen LogP) is 2.85. The van der Waals surface area contributed by atoms with Crippen LogP contribution in [0.1, 0.15) is 25.1 Å². The van der Waals surface area contributed by atoms with Gasteiger partial charge in [0, 0.05) is 31.2 Å². The summed E-state index contributed by atoms with van der Waals surface area (Å²) in [6, 6.07) is 9.25. The summed E-state index contributed by atoms with van der Waals surface area (Å²) in [6.45, 7) is 4.63. The number of carbonyl (C=O) groups is 2. The average molecular weight is 410 g/mol. The van der Waals surface area contributed by atoms with Crippen LogP contribution in [0.25, 0.3) is 6.08 Å². The minimum atomic E-state index is -0.472. The van der Waals surface area contributed by atoms with Crippen molar-refractivity contribution in [2.45, 2.75) is 36.6 Å². The number of aromatic nitrogens is 2. The van der Waals surface area contributed by atoms with E-state index in [4.69, 9.17) is 4.74 Å². The van der Waals surface area contributed by atoms with Gasteiger partial charge in [-0.2, -0.15) is 0 Å². The van der Waals surface area contributed by atoms with Gasteiger partial charge in [0.15, 0.2) is 0 Å². The van der Waals surface area contributed by atoms with Crippen molar-refractivity contribution >= 4 is 29.8 Å². The molecule has 4 rings (SSSR count). The first-order valence-electron chi connectivity index (χ1n) is 9.40. The van der Waals surface area contributed by atoms with Gasteiger partial charge in [0.2, 0.25) is 0 Å². The molecule has 2 saturated heterocycles. The molecule has 3 atom stereocenters. The van der Waals surface area contributed by atoms with Crippen molar-refractivity contribution in [1.82, 2.24) is 20.2 Å². The molecule has 2 amide bonds. The van der Waals surface area contributed by atoms with Gasteiger partial charge in [0.05, 0.1) is 16.0 Å². The first kappa shape index (κ1) is 19.4. The number of hydrogen-bond donors (Lipinski definition) is 1. The third-order valence-electron chi connectivity index (χ3n) is 5.35. The zero-order chi connectivity index (χ0) is 20.4. The Morgan fingerprint density at radius 3 is 2.83 bits per heavy atom. The minimum Gasteiger partial charge on any atom is -0.448 e. The first-order valence-corrected chi connectivity index (χ1v) is 10.3. The molecule has 2 aromatic rings. The molecule has 0 bridgehead atoms. The number of carbonyl (C=O) groups excluding carboxylic acids is 2. The lowest BCUT2D eigenvalue weighted by atomic mass is 9.95. The van der Waals surface area contributed by atoms with E-state index < -0.39 is 6.09 Å². The summed E-state index contributed by atoms with van der Waals surface area (Å²) in [5, 5.41) is 2.71. The molecule has 2 fully saturated rings. The van der Waals surface area contributed by atoms with Crippen LogP contribution in [0.2, 0.25) is 0 Å².